The van der Waals surface area contributed by atoms with Gasteiger partial charge in [-0.2, -0.15) is 13.2 Å². The average molecular weight is 355 g/mol. The van der Waals surface area contributed by atoms with Crippen LogP contribution in [-0.2, 0) is 16.4 Å². The van der Waals surface area contributed by atoms with E-state index in [-0.39, 0.29) is 18.5 Å². The number of alkyl halides is 3. The van der Waals surface area contributed by atoms with Crippen LogP contribution < -0.4 is 16.2 Å². The van der Waals surface area contributed by atoms with E-state index in [1.165, 1.54) is 18.9 Å². The third-order valence-corrected chi connectivity index (χ3v) is 5.12. The molecule has 4 nitrogen and oxygen atoms in total. The highest BCUT2D eigenvalue weighted by Gasteiger charge is 2.39. The highest BCUT2D eigenvalue weighted by molar-refractivity contribution is 5.82. The van der Waals surface area contributed by atoms with Crippen LogP contribution in [-0.4, -0.2) is 24.5 Å². The molecule has 1 saturated carbocycles. The van der Waals surface area contributed by atoms with Crippen LogP contribution in [0.25, 0.3) is 0 Å². The second kappa shape index (κ2) is 6.61. The molecule has 1 amide bonds. The van der Waals surface area contributed by atoms with Gasteiger partial charge < -0.3 is 5.32 Å². The van der Waals surface area contributed by atoms with E-state index in [2.05, 4.69) is 16.2 Å². The fourth-order valence-electron chi connectivity index (χ4n) is 3.21. The monoisotopic (exact) mass is 355 g/mol. The smallest absolute Gasteiger partial charge is 0.354 e. The standard InChI is InChI=1S/C18H24F3N3O/c1-17(2,12-4-3-5-13(8-12)18(19,20)21)10-22-16(25)15-9-14(23-24-15)11-6-7-11/h3-5,8,11,14-15,23-24H,6-7,9-10H2,1-2H3,(H,22,25). The summed E-state index contributed by atoms with van der Waals surface area (Å²) in [6.45, 7) is 3.94. The summed E-state index contributed by atoms with van der Waals surface area (Å²) < 4.78 is 38.7. The topological polar surface area (TPSA) is 53.2 Å². The summed E-state index contributed by atoms with van der Waals surface area (Å²) >= 11 is 0. The van der Waals surface area contributed by atoms with Crippen molar-refractivity contribution < 1.29 is 18.0 Å². The summed E-state index contributed by atoms with van der Waals surface area (Å²) in [5.41, 5.74) is 5.47. The largest absolute Gasteiger partial charge is 0.416 e. The Morgan fingerprint density at radius 3 is 2.52 bits per heavy atom. The lowest BCUT2D eigenvalue weighted by atomic mass is 9.83. The number of carbonyl (C=O) groups excluding carboxylic acids is 1. The number of carbonyl (C=O) groups is 1. The molecule has 25 heavy (non-hydrogen) atoms. The van der Waals surface area contributed by atoms with Crippen molar-refractivity contribution in [2.75, 3.05) is 6.54 Å². The van der Waals surface area contributed by atoms with Crippen LogP contribution in [0.15, 0.2) is 24.3 Å². The van der Waals surface area contributed by atoms with E-state index in [1.54, 1.807) is 6.07 Å². The van der Waals surface area contributed by atoms with E-state index in [4.69, 9.17) is 0 Å². The number of hydrogen-bond acceptors (Lipinski definition) is 3. The summed E-state index contributed by atoms with van der Waals surface area (Å²) in [6, 6.07) is 5.34. The number of benzene rings is 1. The zero-order valence-corrected chi connectivity index (χ0v) is 14.4. The van der Waals surface area contributed by atoms with Gasteiger partial charge in [0.2, 0.25) is 5.91 Å². The van der Waals surface area contributed by atoms with Gasteiger partial charge in [0.1, 0.15) is 6.04 Å². The van der Waals surface area contributed by atoms with Crippen LogP contribution in [0, 0.1) is 5.92 Å². The van der Waals surface area contributed by atoms with Gasteiger partial charge in [0.05, 0.1) is 5.56 Å². The van der Waals surface area contributed by atoms with Gasteiger partial charge in [0.15, 0.2) is 0 Å². The van der Waals surface area contributed by atoms with Gasteiger partial charge in [0, 0.05) is 18.0 Å². The van der Waals surface area contributed by atoms with Gasteiger partial charge in [-0.3, -0.25) is 10.2 Å². The molecule has 1 aromatic rings. The highest BCUT2D eigenvalue weighted by atomic mass is 19.4. The van der Waals surface area contributed by atoms with E-state index in [9.17, 15) is 18.0 Å². The predicted molar refractivity (Wildman–Crippen MR) is 88.7 cm³/mol. The molecule has 0 radical (unpaired) electrons. The van der Waals surface area contributed by atoms with Gasteiger partial charge >= 0.3 is 6.18 Å². The van der Waals surface area contributed by atoms with Crippen LogP contribution in [0.4, 0.5) is 13.2 Å². The third-order valence-electron chi connectivity index (χ3n) is 5.12. The van der Waals surface area contributed by atoms with Crippen LogP contribution in [0.1, 0.15) is 44.2 Å². The van der Waals surface area contributed by atoms with E-state index in [0.717, 1.165) is 18.6 Å². The van der Waals surface area contributed by atoms with Crippen LogP contribution >= 0.6 is 0 Å². The molecule has 138 valence electrons. The number of hydrazine groups is 1. The molecule has 1 aliphatic carbocycles. The molecule has 7 heteroatoms. The molecule has 2 aliphatic rings. The molecule has 2 unspecified atom stereocenters. The minimum Gasteiger partial charge on any atom is -0.354 e. The van der Waals surface area contributed by atoms with Crippen molar-refractivity contribution in [1.82, 2.24) is 16.2 Å². The normalized spacial score (nSPS) is 24.4. The molecule has 2 fully saturated rings. The highest BCUT2D eigenvalue weighted by Crippen LogP contribution is 2.36. The van der Waals surface area contributed by atoms with Gasteiger partial charge in [0.25, 0.3) is 0 Å². The molecular weight excluding hydrogens is 331 g/mol. The first-order chi connectivity index (χ1) is 11.7. The molecule has 3 rings (SSSR count). The summed E-state index contributed by atoms with van der Waals surface area (Å²) in [6.07, 6.45) is -1.21. The molecule has 3 N–H and O–H groups in total. The predicted octanol–water partition coefficient (Wildman–Crippen LogP) is 2.74. The van der Waals surface area contributed by atoms with Crippen molar-refractivity contribution in [3.63, 3.8) is 0 Å². The van der Waals surface area contributed by atoms with Gasteiger partial charge in [-0.1, -0.05) is 32.0 Å². The molecule has 2 atom stereocenters. The summed E-state index contributed by atoms with van der Waals surface area (Å²) in [5.74, 6) is 0.544. The van der Waals surface area contributed by atoms with Crippen molar-refractivity contribution in [2.45, 2.75) is 56.8 Å². The van der Waals surface area contributed by atoms with Crippen LogP contribution in [0.3, 0.4) is 0 Å². The third kappa shape index (κ3) is 4.33. The van der Waals surface area contributed by atoms with Crippen LogP contribution in [0.2, 0.25) is 0 Å². The molecule has 1 saturated heterocycles. The summed E-state index contributed by atoms with van der Waals surface area (Å²) in [5, 5.41) is 2.88. The molecule has 1 aromatic carbocycles. The zero-order chi connectivity index (χ0) is 18.2. The summed E-state index contributed by atoms with van der Waals surface area (Å²) in [4.78, 5) is 12.3. The number of hydrogen-bond donors (Lipinski definition) is 3. The lowest BCUT2D eigenvalue weighted by Gasteiger charge is -2.27. The molecule has 1 aliphatic heterocycles. The average Bonchev–Trinajstić information content (AvgIpc) is 3.29. The van der Waals surface area contributed by atoms with E-state index in [0.29, 0.717) is 17.5 Å². The SMILES string of the molecule is CC(C)(CNC(=O)C1CC(C2CC2)NN1)c1cccc(C(F)(F)F)c1. The lowest BCUT2D eigenvalue weighted by Crippen LogP contribution is -2.46. The maximum atomic E-state index is 12.9. The lowest BCUT2D eigenvalue weighted by molar-refractivity contribution is -0.137. The van der Waals surface area contributed by atoms with Crippen molar-refractivity contribution in [1.29, 1.82) is 0 Å². The number of rotatable bonds is 5. The Bertz CT molecular complexity index is 641. The number of halogens is 3. The Balaban J connectivity index is 1.59. The Labute approximate surface area is 145 Å². The fraction of sp³-hybridized carbons (Fsp3) is 0.611. The van der Waals surface area contributed by atoms with E-state index in [1.807, 2.05) is 13.8 Å². The second-order valence-electron chi connectivity index (χ2n) is 7.70. The minimum atomic E-state index is -4.37. The van der Waals surface area contributed by atoms with Crippen molar-refractivity contribution >= 4 is 5.91 Å². The van der Waals surface area contributed by atoms with Gasteiger partial charge in [-0.25, -0.2) is 5.43 Å². The molecule has 0 spiro atoms. The molecule has 0 bridgehead atoms. The fourth-order valence-corrected chi connectivity index (χ4v) is 3.21. The van der Waals surface area contributed by atoms with Gasteiger partial charge in [-0.05, 0) is 36.8 Å². The van der Waals surface area contributed by atoms with Crippen molar-refractivity contribution in [3.8, 4) is 0 Å². The zero-order valence-electron chi connectivity index (χ0n) is 14.4. The molecule has 1 heterocycles. The molecule has 0 aromatic heterocycles. The van der Waals surface area contributed by atoms with Crippen LogP contribution in [0.5, 0.6) is 0 Å². The maximum absolute atomic E-state index is 12.9. The number of nitrogens with one attached hydrogen (secondary N) is 3. The van der Waals surface area contributed by atoms with Gasteiger partial charge in [-0.15, -0.1) is 0 Å². The quantitative estimate of drug-likeness (QED) is 0.761. The maximum Gasteiger partial charge on any atom is 0.416 e. The Morgan fingerprint density at radius 1 is 1.20 bits per heavy atom. The first-order valence-corrected chi connectivity index (χ1v) is 8.63. The molecular formula is C18H24F3N3O. The summed E-state index contributed by atoms with van der Waals surface area (Å²) in [7, 11) is 0. The van der Waals surface area contributed by atoms with E-state index < -0.39 is 17.2 Å². The second-order valence-corrected chi connectivity index (χ2v) is 7.70. The Kier molecular flexibility index (Phi) is 4.81. The number of amides is 1. The Morgan fingerprint density at radius 2 is 1.88 bits per heavy atom. The minimum absolute atomic E-state index is 0.115. The van der Waals surface area contributed by atoms with Crippen molar-refractivity contribution in [2.24, 2.45) is 5.92 Å². The van der Waals surface area contributed by atoms with Crippen molar-refractivity contribution in [3.05, 3.63) is 35.4 Å². The first-order valence-electron chi connectivity index (χ1n) is 8.63. The van der Waals surface area contributed by atoms with E-state index >= 15 is 0 Å². The first kappa shape index (κ1) is 18.2. The Hall–Kier alpha value is -1.60.